The second-order valence-electron chi connectivity index (χ2n) is 9.68. The molecule has 2 amide bonds. The topological polar surface area (TPSA) is 190 Å². The quantitative estimate of drug-likeness (QED) is 0.185. The number of carbonyl (C=O) groups excluding carboxylic acids is 3. The molecule has 0 saturated carbocycles. The van der Waals surface area contributed by atoms with E-state index in [0.29, 0.717) is 17.8 Å². The molecule has 2 aromatic rings. The lowest BCUT2D eigenvalue weighted by atomic mass is 10.1. The van der Waals surface area contributed by atoms with Crippen LogP contribution in [0.3, 0.4) is 0 Å². The van der Waals surface area contributed by atoms with Crippen LogP contribution in [0.2, 0.25) is 0 Å². The van der Waals surface area contributed by atoms with Crippen LogP contribution in [0.15, 0.2) is 49.7 Å². The summed E-state index contributed by atoms with van der Waals surface area (Å²) in [6.07, 6.45) is 3.02. The smallest absolute Gasteiger partial charge is 0.397 e. The second-order valence-corrected chi connectivity index (χ2v) is 9.68. The number of unbranched alkanes of at least 4 members (excludes halogenated alkanes) is 1. The fourth-order valence-corrected chi connectivity index (χ4v) is 3.25. The highest BCUT2D eigenvalue weighted by Gasteiger charge is 2.29. The number of aliphatic hydroxyl groups excluding tert-OH is 1. The maximum atomic E-state index is 11.9. The van der Waals surface area contributed by atoms with E-state index in [0.717, 1.165) is 62.3 Å². The van der Waals surface area contributed by atoms with Crippen molar-refractivity contribution in [1.82, 2.24) is 15.2 Å². The Labute approximate surface area is 277 Å². The molecular formula is C33H54F3N7O4. The van der Waals surface area contributed by atoms with Crippen LogP contribution >= 0.6 is 0 Å². The molecule has 47 heavy (non-hydrogen) atoms. The van der Waals surface area contributed by atoms with Crippen molar-refractivity contribution in [1.29, 1.82) is 0 Å². The van der Waals surface area contributed by atoms with Crippen LogP contribution in [-0.2, 0) is 20.6 Å². The molecule has 266 valence electrons. The molecule has 0 aliphatic rings. The minimum atomic E-state index is -4.21. The van der Waals surface area contributed by atoms with Gasteiger partial charge < -0.3 is 42.6 Å². The summed E-state index contributed by atoms with van der Waals surface area (Å²) in [6.45, 7) is 18.2. The molecule has 1 heterocycles. The van der Waals surface area contributed by atoms with Crippen molar-refractivity contribution < 1.29 is 32.7 Å². The highest BCUT2D eigenvalue weighted by atomic mass is 19.4. The van der Waals surface area contributed by atoms with Gasteiger partial charge in [0.15, 0.2) is 0 Å². The maximum absolute atomic E-state index is 11.9. The minimum absolute atomic E-state index is 0.134. The third-order valence-electron chi connectivity index (χ3n) is 5.68. The van der Waals surface area contributed by atoms with Gasteiger partial charge in [-0.1, -0.05) is 56.7 Å². The summed E-state index contributed by atoms with van der Waals surface area (Å²) in [4.78, 5) is 37.9. The van der Waals surface area contributed by atoms with Crippen molar-refractivity contribution in [2.75, 3.05) is 51.7 Å². The largest absolute Gasteiger partial charge is 0.416 e. The van der Waals surface area contributed by atoms with Crippen molar-refractivity contribution in [2.24, 2.45) is 17.2 Å². The lowest BCUT2D eigenvalue weighted by Crippen LogP contribution is -2.43. The number of hydrogen-bond acceptors (Lipinski definition) is 9. The highest BCUT2D eigenvalue weighted by molar-refractivity contribution is 5.95. The van der Waals surface area contributed by atoms with Crippen LogP contribution in [0.1, 0.15) is 55.5 Å². The minimum Gasteiger partial charge on any atom is -0.397 e. The van der Waals surface area contributed by atoms with Gasteiger partial charge in [-0.05, 0) is 51.6 Å². The molecule has 0 saturated heterocycles. The summed E-state index contributed by atoms with van der Waals surface area (Å²) in [5.74, 6) is -0.662. The Kier molecular flexibility index (Phi) is 29.7. The van der Waals surface area contributed by atoms with E-state index in [1.807, 2.05) is 20.8 Å². The molecule has 2 rings (SSSR count). The number of rotatable bonds is 13. The number of benzene rings is 1. The van der Waals surface area contributed by atoms with Gasteiger partial charge in [0.2, 0.25) is 11.8 Å². The predicted octanol–water partition coefficient (Wildman–Crippen LogP) is 3.60. The van der Waals surface area contributed by atoms with Gasteiger partial charge in [0.25, 0.3) is 0 Å². The molecule has 1 unspecified atom stereocenters. The number of nitrogens with two attached hydrogens (primary N) is 3. The summed E-state index contributed by atoms with van der Waals surface area (Å²) in [5, 5.41) is 12.8. The molecule has 1 aromatic heterocycles. The molecule has 0 fully saturated rings. The molecule has 0 aliphatic heterocycles. The number of aryl methyl sites for hydroxylation is 1. The number of aromatic nitrogens is 1. The van der Waals surface area contributed by atoms with Gasteiger partial charge in [-0.25, -0.2) is 0 Å². The van der Waals surface area contributed by atoms with Crippen LogP contribution in [0.4, 0.5) is 18.9 Å². The standard InChI is InChI=1S/C17H24N4O2.C8H7F3.C5H15N3.C2H6O.CH2O/c1-4-7-8-14(18)17(23)20-11-16(22)21-13-9-12(5-2)15(6-3)19-10-13;1-6-2-4-7(5-3-6)8(9,10)11;1-8(4-2-6)5-3-7;1-2-3;1-2/h5-6,9-10,14H,2-4,7-8,11,18H2,1H3,(H,20,23)(H,21,22);2-5H,1H3;2-7H2,1H3;3H,2H2,1H3;1H2. The zero-order valence-electron chi connectivity index (χ0n) is 28.1. The van der Waals surface area contributed by atoms with Crippen molar-refractivity contribution in [3.63, 3.8) is 0 Å². The number of carbonyl (C=O) groups is 3. The fraction of sp³-hybridized carbons (Fsp3) is 0.455. The van der Waals surface area contributed by atoms with E-state index in [9.17, 15) is 22.8 Å². The number of amides is 2. The van der Waals surface area contributed by atoms with Crippen LogP contribution in [-0.4, -0.2) is 86.0 Å². The van der Waals surface area contributed by atoms with E-state index < -0.39 is 17.8 Å². The summed E-state index contributed by atoms with van der Waals surface area (Å²) >= 11 is 0. The number of alkyl halides is 3. The summed E-state index contributed by atoms with van der Waals surface area (Å²) in [7, 11) is 2.01. The molecule has 0 bridgehead atoms. The Balaban J connectivity index is -0.000000665. The van der Waals surface area contributed by atoms with Crippen LogP contribution in [0.5, 0.6) is 0 Å². The first-order valence-electron chi connectivity index (χ1n) is 14.9. The zero-order valence-corrected chi connectivity index (χ0v) is 28.1. The third kappa shape index (κ3) is 24.9. The number of nitrogens with zero attached hydrogens (tertiary/aromatic N) is 2. The van der Waals surface area contributed by atoms with E-state index in [1.165, 1.54) is 18.3 Å². The normalized spacial score (nSPS) is 10.6. The molecular weight excluding hydrogens is 615 g/mol. The number of hydrogen-bond donors (Lipinski definition) is 6. The van der Waals surface area contributed by atoms with E-state index in [4.69, 9.17) is 27.1 Å². The Bertz CT molecular complexity index is 1130. The van der Waals surface area contributed by atoms with Gasteiger partial charge in [0, 0.05) is 38.3 Å². The highest BCUT2D eigenvalue weighted by Crippen LogP contribution is 2.28. The van der Waals surface area contributed by atoms with Crippen LogP contribution in [0.25, 0.3) is 12.2 Å². The number of likely N-dealkylation sites (N-methyl/N-ethyl adjacent to an activating group) is 1. The third-order valence-corrected chi connectivity index (χ3v) is 5.68. The number of aliphatic hydroxyl groups is 1. The van der Waals surface area contributed by atoms with E-state index in [-0.39, 0.29) is 25.0 Å². The second kappa shape index (κ2) is 29.5. The first-order valence-corrected chi connectivity index (χ1v) is 14.9. The van der Waals surface area contributed by atoms with Crippen molar-refractivity contribution in [3.05, 3.63) is 72.1 Å². The molecule has 1 aromatic carbocycles. The first kappa shape index (κ1) is 47.5. The first-order chi connectivity index (χ1) is 22.2. The molecule has 14 heteroatoms. The lowest BCUT2D eigenvalue weighted by Gasteiger charge is -2.12. The monoisotopic (exact) mass is 669 g/mol. The van der Waals surface area contributed by atoms with Crippen molar-refractivity contribution in [3.8, 4) is 0 Å². The lowest BCUT2D eigenvalue weighted by molar-refractivity contribution is -0.137. The van der Waals surface area contributed by atoms with E-state index in [2.05, 4.69) is 33.7 Å². The number of pyridine rings is 1. The molecule has 1 atom stereocenters. The molecule has 9 N–H and O–H groups in total. The zero-order chi connectivity index (χ0) is 36.8. The number of anilines is 1. The van der Waals surface area contributed by atoms with Gasteiger partial charge in [-0.15, -0.1) is 0 Å². The van der Waals surface area contributed by atoms with Gasteiger partial charge in [-0.3, -0.25) is 14.6 Å². The fourth-order valence-electron chi connectivity index (χ4n) is 3.25. The van der Waals surface area contributed by atoms with Gasteiger partial charge in [-0.2, -0.15) is 13.2 Å². The van der Waals surface area contributed by atoms with Crippen LogP contribution < -0.4 is 27.8 Å². The summed E-state index contributed by atoms with van der Waals surface area (Å²) < 4.78 is 35.8. The average molecular weight is 670 g/mol. The maximum Gasteiger partial charge on any atom is 0.416 e. The van der Waals surface area contributed by atoms with E-state index >= 15 is 0 Å². The number of nitrogens with one attached hydrogen (secondary N) is 2. The predicted molar refractivity (Wildman–Crippen MR) is 185 cm³/mol. The Morgan fingerprint density at radius 1 is 1.06 bits per heavy atom. The number of halogens is 3. The van der Waals surface area contributed by atoms with Crippen molar-refractivity contribution >= 4 is 36.4 Å². The van der Waals surface area contributed by atoms with Gasteiger partial charge in [0.05, 0.1) is 35.7 Å². The Morgan fingerprint density at radius 2 is 1.60 bits per heavy atom. The summed E-state index contributed by atoms with van der Waals surface area (Å²) in [5.41, 5.74) is 18.5. The van der Waals surface area contributed by atoms with Gasteiger partial charge in [0.1, 0.15) is 6.79 Å². The van der Waals surface area contributed by atoms with Gasteiger partial charge >= 0.3 is 6.18 Å². The average Bonchev–Trinajstić information content (AvgIpc) is 3.04. The van der Waals surface area contributed by atoms with E-state index in [1.54, 1.807) is 32.1 Å². The molecule has 0 aliphatic carbocycles. The summed E-state index contributed by atoms with van der Waals surface area (Å²) in [6, 6.07) is 6.21. The van der Waals surface area contributed by atoms with Crippen LogP contribution in [0, 0.1) is 6.92 Å². The molecule has 0 spiro atoms. The molecule has 11 nitrogen and oxygen atoms in total. The van der Waals surface area contributed by atoms with Crippen molar-refractivity contribution in [2.45, 2.75) is 52.3 Å². The molecule has 0 radical (unpaired) electrons. The Morgan fingerprint density at radius 3 is 2.02 bits per heavy atom. The SMILES string of the molecule is C=Cc1cc(NC(=O)CNC(=O)C(N)CCCC)cnc1C=C.C=O.CCO.CN(CCN)CCN.Cc1ccc(C(F)(F)F)cc1. The Hall–Kier alpha value is -3.95.